The number of nitrogens with one attached hydrogen (secondary N) is 1. The summed E-state index contributed by atoms with van der Waals surface area (Å²) < 4.78 is 19.0. The smallest absolute Gasteiger partial charge is 0.128 e. The molecule has 0 spiro atoms. The van der Waals surface area contributed by atoms with Gasteiger partial charge in [0.25, 0.3) is 0 Å². The zero-order chi connectivity index (χ0) is 11.1. The lowest BCUT2D eigenvalue weighted by Gasteiger charge is -2.07. The van der Waals surface area contributed by atoms with E-state index >= 15 is 0 Å². The molecular formula is C11H15BrFNO. The summed E-state index contributed by atoms with van der Waals surface area (Å²) in [6.07, 6.45) is 1.10. The number of halogens is 2. The molecule has 0 amide bonds. The molecule has 0 bridgehead atoms. The zero-order valence-corrected chi connectivity index (χ0v) is 10.3. The topological polar surface area (TPSA) is 21.3 Å². The van der Waals surface area contributed by atoms with Crippen LogP contribution in [0.1, 0.15) is 13.3 Å². The van der Waals surface area contributed by atoms with E-state index in [0.29, 0.717) is 16.8 Å². The Morgan fingerprint density at radius 2 is 2.13 bits per heavy atom. The molecule has 4 heteroatoms. The van der Waals surface area contributed by atoms with Crippen LogP contribution in [0.5, 0.6) is 5.75 Å². The Kier molecular flexibility index (Phi) is 5.65. The van der Waals surface area contributed by atoms with Gasteiger partial charge in [0.15, 0.2) is 0 Å². The molecule has 0 aliphatic heterocycles. The van der Waals surface area contributed by atoms with Gasteiger partial charge in [-0.2, -0.15) is 0 Å². The van der Waals surface area contributed by atoms with Gasteiger partial charge in [-0.05, 0) is 25.1 Å². The highest BCUT2D eigenvalue weighted by Crippen LogP contribution is 2.20. The highest BCUT2D eigenvalue weighted by Gasteiger charge is 1.99. The fraction of sp³-hybridized carbons (Fsp3) is 0.455. The number of rotatable bonds is 6. The van der Waals surface area contributed by atoms with Crippen LogP contribution in [0, 0.1) is 5.82 Å². The van der Waals surface area contributed by atoms with Crippen molar-refractivity contribution in [2.24, 2.45) is 0 Å². The van der Waals surface area contributed by atoms with E-state index in [1.165, 1.54) is 12.1 Å². The van der Waals surface area contributed by atoms with Gasteiger partial charge < -0.3 is 10.1 Å². The molecule has 0 atom stereocenters. The minimum Gasteiger partial charge on any atom is -0.492 e. The van der Waals surface area contributed by atoms with E-state index in [0.717, 1.165) is 19.5 Å². The molecule has 0 aliphatic rings. The van der Waals surface area contributed by atoms with Crippen LogP contribution in [0.25, 0.3) is 0 Å². The summed E-state index contributed by atoms with van der Waals surface area (Å²) in [5.41, 5.74) is 0. The van der Waals surface area contributed by atoms with Crippen molar-refractivity contribution in [2.45, 2.75) is 13.3 Å². The summed E-state index contributed by atoms with van der Waals surface area (Å²) in [6, 6.07) is 4.54. The Morgan fingerprint density at radius 3 is 2.80 bits per heavy atom. The van der Waals surface area contributed by atoms with Crippen LogP contribution in [-0.4, -0.2) is 19.7 Å². The average molecular weight is 276 g/mol. The first-order valence-electron chi connectivity index (χ1n) is 5.02. The predicted octanol–water partition coefficient (Wildman–Crippen LogP) is 2.97. The second-order valence-corrected chi connectivity index (χ2v) is 4.12. The van der Waals surface area contributed by atoms with Gasteiger partial charge in [0.05, 0.1) is 0 Å². The average Bonchev–Trinajstić information content (AvgIpc) is 2.16. The number of hydrogen-bond donors (Lipinski definition) is 1. The Morgan fingerprint density at radius 1 is 1.33 bits per heavy atom. The second-order valence-electron chi connectivity index (χ2n) is 3.20. The third-order valence-electron chi connectivity index (χ3n) is 1.81. The summed E-state index contributed by atoms with van der Waals surface area (Å²) in [4.78, 5) is 0. The number of ether oxygens (including phenoxy) is 1. The minimum absolute atomic E-state index is 0.291. The summed E-state index contributed by atoms with van der Waals surface area (Å²) >= 11 is 3.21. The van der Waals surface area contributed by atoms with E-state index in [9.17, 15) is 4.39 Å². The van der Waals surface area contributed by atoms with Gasteiger partial charge in [0, 0.05) is 17.1 Å². The van der Waals surface area contributed by atoms with E-state index < -0.39 is 0 Å². The Bertz CT molecular complexity index is 286. The largest absolute Gasteiger partial charge is 0.492 e. The molecule has 1 aromatic rings. The highest BCUT2D eigenvalue weighted by molar-refractivity contribution is 9.10. The molecule has 0 radical (unpaired) electrons. The third-order valence-corrected chi connectivity index (χ3v) is 2.27. The molecule has 1 aromatic carbocycles. The summed E-state index contributed by atoms with van der Waals surface area (Å²) in [6.45, 7) is 4.42. The molecule has 2 nitrogen and oxygen atoms in total. The van der Waals surface area contributed by atoms with Gasteiger partial charge in [-0.15, -0.1) is 0 Å². The van der Waals surface area contributed by atoms with Crippen molar-refractivity contribution in [2.75, 3.05) is 19.7 Å². The van der Waals surface area contributed by atoms with E-state index in [2.05, 4.69) is 28.2 Å². The molecule has 1 N–H and O–H groups in total. The number of benzene rings is 1. The zero-order valence-electron chi connectivity index (χ0n) is 8.72. The molecule has 0 aliphatic carbocycles. The van der Waals surface area contributed by atoms with Crippen molar-refractivity contribution in [1.29, 1.82) is 0 Å². The Labute approximate surface area is 98.0 Å². The summed E-state index contributed by atoms with van der Waals surface area (Å²) in [5, 5.41) is 3.20. The van der Waals surface area contributed by atoms with Crippen LogP contribution in [-0.2, 0) is 0 Å². The van der Waals surface area contributed by atoms with Crippen LogP contribution < -0.4 is 10.1 Å². The summed E-state index contributed by atoms with van der Waals surface area (Å²) in [5.74, 6) is 0.265. The molecule has 0 fully saturated rings. The first-order valence-corrected chi connectivity index (χ1v) is 5.81. The molecule has 0 aromatic heterocycles. The first kappa shape index (κ1) is 12.5. The van der Waals surface area contributed by atoms with Gasteiger partial charge in [-0.25, -0.2) is 4.39 Å². The van der Waals surface area contributed by atoms with Crippen LogP contribution in [0.4, 0.5) is 4.39 Å². The van der Waals surface area contributed by atoms with Gasteiger partial charge in [0.1, 0.15) is 18.2 Å². The van der Waals surface area contributed by atoms with Crippen LogP contribution in [0.3, 0.4) is 0 Å². The van der Waals surface area contributed by atoms with Crippen molar-refractivity contribution >= 4 is 15.9 Å². The van der Waals surface area contributed by atoms with Crippen molar-refractivity contribution < 1.29 is 9.13 Å². The summed E-state index contributed by atoms with van der Waals surface area (Å²) in [7, 11) is 0. The fourth-order valence-corrected chi connectivity index (χ4v) is 1.60. The van der Waals surface area contributed by atoms with Crippen molar-refractivity contribution in [3.63, 3.8) is 0 Å². The number of hydrogen-bond acceptors (Lipinski definition) is 2. The molecule has 15 heavy (non-hydrogen) atoms. The van der Waals surface area contributed by atoms with E-state index in [4.69, 9.17) is 4.74 Å². The molecule has 84 valence electrons. The lowest BCUT2D eigenvalue weighted by Crippen LogP contribution is -2.21. The van der Waals surface area contributed by atoms with Gasteiger partial charge in [-0.1, -0.05) is 22.9 Å². The normalized spacial score (nSPS) is 10.3. The van der Waals surface area contributed by atoms with E-state index in [1.54, 1.807) is 6.07 Å². The SMILES string of the molecule is CCCNCCOc1cc(F)cc(Br)c1. The quantitative estimate of drug-likeness (QED) is 0.806. The van der Waals surface area contributed by atoms with Crippen molar-refractivity contribution in [1.82, 2.24) is 5.32 Å². The standard InChI is InChI=1S/C11H15BrFNO/c1-2-3-14-4-5-15-11-7-9(12)6-10(13)8-11/h6-8,14H,2-5H2,1H3. The molecule has 1 rings (SSSR count). The molecule has 0 saturated carbocycles. The highest BCUT2D eigenvalue weighted by atomic mass is 79.9. The van der Waals surface area contributed by atoms with Crippen LogP contribution in [0.2, 0.25) is 0 Å². The van der Waals surface area contributed by atoms with Crippen LogP contribution in [0.15, 0.2) is 22.7 Å². The monoisotopic (exact) mass is 275 g/mol. The lowest BCUT2D eigenvalue weighted by atomic mass is 10.3. The third kappa shape index (κ3) is 5.14. The Balaban J connectivity index is 2.31. The maximum atomic E-state index is 12.9. The molecule has 0 saturated heterocycles. The first-order chi connectivity index (χ1) is 7.22. The lowest BCUT2D eigenvalue weighted by molar-refractivity contribution is 0.312. The van der Waals surface area contributed by atoms with Crippen molar-refractivity contribution in [3.05, 3.63) is 28.5 Å². The van der Waals surface area contributed by atoms with Crippen molar-refractivity contribution in [3.8, 4) is 5.75 Å². The van der Waals surface area contributed by atoms with Gasteiger partial charge in [0.2, 0.25) is 0 Å². The van der Waals surface area contributed by atoms with Gasteiger partial charge >= 0.3 is 0 Å². The van der Waals surface area contributed by atoms with E-state index in [1.807, 2.05) is 0 Å². The predicted molar refractivity (Wildman–Crippen MR) is 62.8 cm³/mol. The molecule has 0 heterocycles. The van der Waals surface area contributed by atoms with Crippen LogP contribution >= 0.6 is 15.9 Å². The maximum absolute atomic E-state index is 12.9. The molecular weight excluding hydrogens is 261 g/mol. The van der Waals surface area contributed by atoms with E-state index in [-0.39, 0.29) is 5.82 Å². The maximum Gasteiger partial charge on any atom is 0.128 e. The van der Waals surface area contributed by atoms with Gasteiger partial charge in [-0.3, -0.25) is 0 Å². The molecule has 0 unspecified atom stereocenters. The minimum atomic E-state index is -0.291. The second kappa shape index (κ2) is 6.80. The fourth-order valence-electron chi connectivity index (χ4n) is 1.15. The Hall–Kier alpha value is -0.610.